The van der Waals surface area contributed by atoms with Crippen LogP contribution in [0.5, 0.6) is 0 Å². The van der Waals surface area contributed by atoms with Crippen molar-refractivity contribution in [2.24, 2.45) is 0 Å². The van der Waals surface area contributed by atoms with Gasteiger partial charge in [0.2, 0.25) is 0 Å². The van der Waals surface area contributed by atoms with E-state index < -0.39 is 0 Å². The van der Waals surface area contributed by atoms with Crippen LogP contribution in [-0.4, -0.2) is 43.7 Å². The van der Waals surface area contributed by atoms with Gasteiger partial charge in [-0.25, -0.2) is 9.97 Å². The number of imidazole rings is 1. The Labute approximate surface area is 223 Å². The number of hydrogen-bond donors (Lipinski definition) is 1. The SMILES string of the molecule is Cc1nc(C(=O)N(Cc2ccccc2)[C@H](C)CNC(=O)c2c(C)nc3sccn23)c(-c2ccccc2)s1. The molecule has 0 radical (unpaired) electrons. The number of thiazole rings is 2. The lowest BCUT2D eigenvalue weighted by Crippen LogP contribution is -2.45. The van der Waals surface area contributed by atoms with Gasteiger partial charge in [0.25, 0.3) is 11.8 Å². The maximum Gasteiger partial charge on any atom is 0.274 e. The molecule has 9 heteroatoms. The quantitative estimate of drug-likeness (QED) is 0.284. The molecule has 188 valence electrons. The molecule has 2 amide bonds. The van der Waals surface area contributed by atoms with Crippen molar-refractivity contribution in [1.29, 1.82) is 0 Å². The lowest BCUT2D eigenvalue weighted by Gasteiger charge is -2.29. The Bertz CT molecular complexity index is 1540. The monoisotopic (exact) mass is 529 g/mol. The molecule has 0 aliphatic rings. The molecule has 5 aromatic rings. The number of nitrogens with one attached hydrogen (secondary N) is 1. The van der Waals surface area contributed by atoms with Crippen LogP contribution in [-0.2, 0) is 6.54 Å². The lowest BCUT2D eigenvalue weighted by molar-refractivity contribution is 0.0660. The zero-order chi connectivity index (χ0) is 25.9. The van der Waals surface area contributed by atoms with Crippen molar-refractivity contribution >= 4 is 39.4 Å². The highest BCUT2D eigenvalue weighted by Crippen LogP contribution is 2.31. The van der Waals surface area contributed by atoms with Crippen LogP contribution in [0, 0.1) is 13.8 Å². The molecule has 3 aromatic heterocycles. The molecule has 2 aromatic carbocycles. The predicted molar refractivity (Wildman–Crippen MR) is 148 cm³/mol. The summed E-state index contributed by atoms with van der Waals surface area (Å²) in [5, 5.41) is 5.76. The summed E-state index contributed by atoms with van der Waals surface area (Å²) in [5.41, 5.74) is 3.61. The zero-order valence-electron chi connectivity index (χ0n) is 20.8. The average molecular weight is 530 g/mol. The zero-order valence-corrected chi connectivity index (χ0v) is 22.5. The predicted octanol–water partition coefficient (Wildman–Crippen LogP) is 5.60. The molecule has 7 nitrogen and oxygen atoms in total. The number of carbonyl (C=O) groups excluding carboxylic acids is 2. The van der Waals surface area contributed by atoms with E-state index >= 15 is 0 Å². The highest BCUT2D eigenvalue weighted by atomic mass is 32.1. The molecule has 0 spiro atoms. The number of fused-ring (bicyclic) bond motifs is 1. The van der Waals surface area contributed by atoms with Gasteiger partial charge in [0, 0.05) is 30.7 Å². The van der Waals surface area contributed by atoms with Gasteiger partial charge in [0.15, 0.2) is 4.96 Å². The van der Waals surface area contributed by atoms with Gasteiger partial charge >= 0.3 is 0 Å². The third-order valence-electron chi connectivity index (χ3n) is 6.17. The van der Waals surface area contributed by atoms with Crippen LogP contribution in [0.25, 0.3) is 15.4 Å². The number of carbonyl (C=O) groups is 2. The van der Waals surface area contributed by atoms with Crippen molar-refractivity contribution in [1.82, 2.24) is 24.6 Å². The van der Waals surface area contributed by atoms with Crippen LogP contribution >= 0.6 is 22.7 Å². The number of aromatic nitrogens is 3. The van der Waals surface area contributed by atoms with E-state index in [0.717, 1.165) is 26.0 Å². The summed E-state index contributed by atoms with van der Waals surface area (Å²) < 4.78 is 1.80. The number of hydrogen-bond acceptors (Lipinski definition) is 6. The molecular weight excluding hydrogens is 502 g/mol. The number of rotatable bonds is 8. The van der Waals surface area contributed by atoms with E-state index in [-0.39, 0.29) is 24.4 Å². The first-order chi connectivity index (χ1) is 17.9. The van der Waals surface area contributed by atoms with Crippen LogP contribution in [0.3, 0.4) is 0 Å². The molecule has 1 atom stereocenters. The van der Waals surface area contributed by atoms with Gasteiger partial charge in [-0.15, -0.1) is 22.7 Å². The van der Waals surface area contributed by atoms with Crippen molar-refractivity contribution in [3.63, 3.8) is 0 Å². The van der Waals surface area contributed by atoms with E-state index in [1.54, 1.807) is 9.30 Å². The van der Waals surface area contributed by atoms with Crippen molar-refractivity contribution in [3.8, 4) is 10.4 Å². The summed E-state index contributed by atoms with van der Waals surface area (Å²) in [4.78, 5) is 39.7. The molecule has 0 aliphatic heterocycles. The third kappa shape index (κ3) is 5.19. The second kappa shape index (κ2) is 10.7. The van der Waals surface area contributed by atoms with E-state index in [1.807, 2.05) is 93.0 Å². The minimum Gasteiger partial charge on any atom is -0.349 e. The molecule has 0 saturated heterocycles. The first-order valence-corrected chi connectivity index (χ1v) is 13.7. The number of nitrogens with zero attached hydrogens (tertiary/aromatic N) is 4. The smallest absolute Gasteiger partial charge is 0.274 e. The summed E-state index contributed by atoms with van der Waals surface area (Å²) >= 11 is 3.00. The fourth-order valence-electron chi connectivity index (χ4n) is 4.30. The Kier molecular flexibility index (Phi) is 7.16. The molecule has 0 fully saturated rings. The maximum atomic E-state index is 14.0. The highest BCUT2D eigenvalue weighted by molar-refractivity contribution is 7.15. The second-order valence-electron chi connectivity index (χ2n) is 8.86. The first-order valence-electron chi connectivity index (χ1n) is 12.0. The van der Waals surface area contributed by atoms with Gasteiger partial charge in [0.1, 0.15) is 11.4 Å². The molecule has 0 bridgehead atoms. The molecule has 0 saturated carbocycles. The fraction of sp³-hybridized carbons (Fsp3) is 0.214. The van der Waals surface area contributed by atoms with Crippen molar-refractivity contribution in [2.75, 3.05) is 6.54 Å². The summed E-state index contributed by atoms with van der Waals surface area (Å²) in [6.45, 7) is 6.39. The van der Waals surface area contributed by atoms with E-state index in [9.17, 15) is 9.59 Å². The molecule has 5 rings (SSSR count). The molecule has 37 heavy (non-hydrogen) atoms. The summed E-state index contributed by atoms with van der Waals surface area (Å²) in [7, 11) is 0. The van der Waals surface area contributed by atoms with Gasteiger partial charge in [-0.1, -0.05) is 60.7 Å². The Morgan fingerprint density at radius 2 is 1.73 bits per heavy atom. The van der Waals surface area contributed by atoms with E-state index in [1.165, 1.54) is 22.7 Å². The van der Waals surface area contributed by atoms with Crippen molar-refractivity contribution in [3.05, 3.63) is 99.9 Å². The van der Waals surface area contributed by atoms with Gasteiger partial charge in [0.05, 0.1) is 15.6 Å². The Morgan fingerprint density at radius 1 is 1.03 bits per heavy atom. The Balaban J connectivity index is 1.41. The van der Waals surface area contributed by atoms with Crippen molar-refractivity contribution < 1.29 is 9.59 Å². The summed E-state index contributed by atoms with van der Waals surface area (Å²) in [5.74, 6) is -0.369. The van der Waals surface area contributed by atoms with Crippen LogP contribution in [0.15, 0.2) is 72.2 Å². The van der Waals surface area contributed by atoms with Crippen molar-refractivity contribution in [2.45, 2.75) is 33.4 Å². The normalized spacial score (nSPS) is 12.0. The summed E-state index contributed by atoms with van der Waals surface area (Å²) in [6, 6.07) is 19.5. The van der Waals surface area contributed by atoms with Crippen LogP contribution in [0.4, 0.5) is 0 Å². The van der Waals surface area contributed by atoms with Gasteiger partial charge < -0.3 is 10.2 Å². The van der Waals surface area contributed by atoms with Crippen LogP contribution in [0.2, 0.25) is 0 Å². The topological polar surface area (TPSA) is 79.6 Å². The molecule has 1 N–H and O–H groups in total. The highest BCUT2D eigenvalue weighted by Gasteiger charge is 2.28. The number of aryl methyl sites for hydroxylation is 2. The number of benzene rings is 2. The Hall–Kier alpha value is -3.82. The second-order valence-corrected chi connectivity index (χ2v) is 10.9. The first kappa shape index (κ1) is 24.9. The van der Waals surface area contributed by atoms with Crippen LogP contribution in [0.1, 0.15) is 44.2 Å². The molecule has 0 unspecified atom stereocenters. The third-order valence-corrected chi connectivity index (χ3v) is 7.95. The van der Waals surface area contributed by atoms with Gasteiger partial charge in [-0.05, 0) is 31.9 Å². The largest absolute Gasteiger partial charge is 0.349 e. The minimum atomic E-state index is -0.284. The number of amides is 2. The molecule has 0 aliphatic carbocycles. The Morgan fingerprint density at radius 3 is 2.46 bits per heavy atom. The van der Waals surface area contributed by atoms with E-state index in [4.69, 9.17) is 0 Å². The van der Waals surface area contributed by atoms with Gasteiger partial charge in [-0.3, -0.25) is 14.0 Å². The summed E-state index contributed by atoms with van der Waals surface area (Å²) in [6.07, 6.45) is 1.85. The maximum absolute atomic E-state index is 14.0. The standard InChI is InChI=1S/C28H27N5O2S2/c1-18(16-29-26(34)24-19(2)30-28-32(24)14-15-36-28)33(17-21-10-6-4-7-11-21)27(35)23-25(37-20(3)31-23)22-12-8-5-9-13-22/h4-15,18H,16-17H2,1-3H3,(H,29,34)/t18-/m1/s1. The lowest BCUT2D eigenvalue weighted by atomic mass is 10.1. The molecular formula is C28H27N5O2S2. The average Bonchev–Trinajstić information content (AvgIpc) is 3.60. The van der Waals surface area contributed by atoms with E-state index in [2.05, 4.69) is 15.3 Å². The van der Waals surface area contributed by atoms with E-state index in [0.29, 0.717) is 23.6 Å². The van der Waals surface area contributed by atoms with Gasteiger partial charge in [-0.2, -0.15) is 0 Å². The van der Waals surface area contributed by atoms with Crippen LogP contribution < -0.4 is 5.32 Å². The fourth-order valence-corrected chi connectivity index (χ4v) is 5.98. The minimum absolute atomic E-state index is 0.158. The molecule has 3 heterocycles.